The number of rotatable bonds is 8. The predicted molar refractivity (Wildman–Crippen MR) is 79.8 cm³/mol. The van der Waals surface area contributed by atoms with Crippen LogP contribution in [0, 0.1) is 0 Å². The van der Waals surface area contributed by atoms with E-state index in [-0.39, 0.29) is 12.0 Å². The fourth-order valence-corrected chi connectivity index (χ4v) is 2.07. The molecule has 1 aromatic rings. The van der Waals surface area contributed by atoms with E-state index in [0.717, 1.165) is 11.3 Å². The second kappa shape index (κ2) is 8.59. The lowest BCUT2D eigenvalue weighted by atomic mass is 10.1. The van der Waals surface area contributed by atoms with E-state index in [9.17, 15) is 4.79 Å². The van der Waals surface area contributed by atoms with E-state index < -0.39 is 0 Å². The molecule has 4 nitrogen and oxygen atoms in total. The van der Waals surface area contributed by atoms with Crippen molar-refractivity contribution in [1.29, 1.82) is 0 Å². The molecular formula is C16H25NO3. The molecule has 20 heavy (non-hydrogen) atoms. The number of likely N-dealkylation sites (N-methyl/N-ethyl adjacent to an activating group) is 1. The summed E-state index contributed by atoms with van der Waals surface area (Å²) in [6.07, 6.45) is 0.340. The summed E-state index contributed by atoms with van der Waals surface area (Å²) in [6, 6.07) is 7.86. The molecule has 0 fully saturated rings. The van der Waals surface area contributed by atoms with Gasteiger partial charge in [-0.05, 0) is 38.0 Å². The zero-order valence-corrected chi connectivity index (χ0v) is 12.9. The highest BCUT2D eigenvalue weighted by Crippen LogP contribution is 2.14. The van der Waals surface area contributed by atoms with E-state index in [4.69, 9.17) is 9.47 Å². The first-order chi connectivity index (χ1) is 9.65. The quantitative estimate of drug-likeness (QED) is 0.734. The fourth-order valence-electron chi connectivity index (χ4n) is 2.07. The van der Waals surface area contributed by atoms with E-state index in [1.807, 2.05) is 49.9 Å². The van der Waals surface area contributed by atoms with Gasteiger partial charge in [-0.1, -0.05) is 19.1 Å². The fraction of sp³-hybridized carbons (Fsp3) is 0.562. The summed E-state index contributed by atoms with van der Waals surface area (Å²) < 4.78 is 10.6. The molecule has 1 unspecified atom stereocenters. The number of amides is 1. The maximum atomic E-state index is 12.3. The third-order valence-corrected chi connectivity index (χ3v) is 3.23. The summed E-state index contributed by atoms with van der Waals surface area (Å²) in [5.74, 6) is 0.903. The highest BCUT2D eigenvalue weighted by molar-refractivity contribution is 5.80. The Labute approximate surface area is 121 Å². The summed E-state index contributed by atoms with van der Waals surface area (Å²) in [6.45, 7) is 7.82. The summed E-state index contributed by atoms with van der Waals surface area (Å²) in [5.41, 5.74) is 1.09. The van der Waals surface area contributed by atoms with E-state index in [2.05, 4.69) is 0 Å². The van der Waals surface area contributed by atoms with Crippen LogP contribution in [0.4, 0.5) is 0 Å². The van der Waals surface area contributed by atoms with Gasteiger partial charge in [-0.3, -0.25) is 4.79 Å². The van der Waals surface area contributed by atoms with Crippen molar-refractivity contribution in [3.05, 3.63) is 29.8 Å². The lowest BCUT2D eigenvalue weighted by Gasteiger charge is -2.25. The molecule has 0 saturated carbocycles. The van der Waals surface area contributed by atoms with Crippen molar-refractivity contribution in [2.75, 3.05) is 20.3 Å². The molecule has 0 N–H and O–H groups in total. The van der Waals surface area contributed by atoms with E-state index in [0.29, 0.717) is 26.1 Å². The highest BCUT2D eigenvalue weighted by Gasteiger charge is 2.21. The van der Waals surface area contributed by atoms with Crippen LogP contribution in [-0.4, -0.2) is 37.2 Å². The van der Waals surface area contributed by atoms with E-state index in [1.165, 1.54) is 0 Å². The molecule has 0 radical (unpaired) electrons. The van der Waals surface area contributed by atoms with Gasteiger partial charge in [0.15, 0.2) is 0 Å². The second-order valence-corrected chi connectivity index (χ2v) is 4.56. The van der Waals surface area contributed by atoms with Gasteiger partial charge in [0.25, 0.3) is 5.91 Å². The monoisotopic (exact) mass is 279 g/mol. The SMILES string of the molecule is CCOc1ccc(CN(CC)C(=O)C(CC)OC)cc1. The average molecular weight is 279 g/mol. The Morgan fingerprint density at radius 2 is 1.85 bits per heavy atom. The Morgan fingerprint density at radius 1 is 1.20 bits per heavy atom. The zero-order chi connectivity index (χ0) is 15.0. The molecule has 1 rings (SSSR count). The van der Waals surface area contributed by atoms with Crippen LogP contribution in [0.2, 0.25) is 0 Å². The van der Waals surface area contributed by atoms with Crippen LogP contribution in [0.5, 0.6) is 5.75 Å². The molecule has 112 valence electrons. The van der Waals surface area contributed by atoms with Gasteiger partial charge in [-0.2, -0.15) is 0 Å². The smallest absolute Gasteiger partial charge is 0.251 e. The van der Waals surface area contributed by atoms with Gasteiger partial charge in [0, 0.05) is 20.2 Å². The molecule has 0 aliphatic heterocycles. The number of ether oxygens (including phenoxy) is 2. The molecule has 0 heterocycles. The summed E-state index contributed by atoms with van der Waals surface area (Å²) >= 11 is 0. The molecule has 0 aliphatic rings. The topological polar surface area (TPSA) is 38.8 Å². The second-order valence-electron chi connectivity index (χ2n) is 4.56. The average Bonchev–Trinajstić information content (AvgIpc) is 2.48. The van der Waals surface area contributed by atoms with Crippen LogP contribution < -0.4 is 4.74 Å². The van der Waals surface area contributed by atoms with E-state index in [1.54, 1.807) is 7.11 Å². The molecule has 1 amide bonds. The maximum absolute atomic E-state index is 12.3. The lowest BCUT2D eigenvalue weighted by molar-refractivity contribution is -0.142. The standard InChI is InChI=1S/C16H25NO3/c1-5-15(19-4)16(18)17(6-2)12-13-8-10-14(11-9-13)20-7-3/h8-11,15H,5-7,12H2,1-4H3. The first kappa shape index (κ1) is 16.5. The van der Waals surface area contributed by atoms with Crippen LogP contribution in [0.15, 0.2) is 24.3 Å². The number of hydrogen-bond acceptors (Lipinski definition) is 3. The van der Waals surface area contributed by atoms with Gasteiger partial charge in [0.1, 0.15) is 11.9 Å². The molecule has 0 aliphatic carbocycles. The molecule has 0 saturated heterocycles. The number of nitrogens with zero attached hydrogens (tertiary/aromatic N) is 1. The van der Waals surface area contributed by atoms with Crippen LogP contribution >= 0.6 is 0 Å². The van der Waals surface area contributed by atoms with Crippen molar-refractivity contribution >= 4 is 5.91 Å². The molecule has 1 atom stereocenters. The van der Waals surface area contributed by atoms with Crippen molar-refractivity contribution < 1.29 is 14.3 Å². The molecule has 4 heteroatoms. The minimum Gasteiger partial charge on any atom is -0.494 e. The van der Waals surface area contributed by atoms with Crippen molar-refractivity contribution in [2.45, 2.75) is 39.8 Å². The van der Waals surface area contributed by atoms with Gasteiger partial charge < -0.3 is 14.4 Å². The molecule has 0 aromatic heterocycles. The Hall–Kier alpha value is -1.55. The lowest BCUT2D eigenvalue weighted by Crippen LogP contribution is -2.39. The van der Waals surface area contributed by atoms with Crippen LogP contribution in [-0.2, 0) is 16.1 Å². The minimum absolute atomic E-state index is 0.0476. The summed E-state index contributed by atoms with van der Waals surface area (Å²) in [7, 11) is 1.58. The number of carbonyl (C=O) groups is 1. The Morgan fingerprint density at radius 3 is 2.30 bits per heavy atom. The molecule has 0 bridgehead atoms. The number of methoxy groups -OCH3 is 1. The first-order valence-electron chi connectivity index (χ1n) is 7.19. The zero-order valence-electron chi connectivity index (χ0n) is 12.9. The number of hydrogen-bond donors (Lipinski definition) is 0. The molecule has 0 spiro atoms. The Balaban J connectivity index is 2.70. The van der Waals surface area contributed by atoms with Crippen molar-refractivity contribution in [3.63, 3.8) is 0 Å². The Kier molecular flexibility index (Phi) is 7.09. The maximum Gasteiger partial charge on any atom is 0.251 e. The highest BCUT2D eigenvalue weighted by atomic mass is 16.5. The van der Waals surface area contributed by atoms with Crippen molar-refractivity contribution in [2.24, 2.45) is 0 Å². The van der Waals surface area contributed by atoms with Gasteiger partial charge >= 0.3 is 0 Å². The Bertz CT molecular complexity index is 399. The van der Waals surface area contributed by atoms with Crippen LogP contribution in [0.1, 0.15) is 32.8 Å². The third kappa shape index (κ3) is 4.53. The van der Waals surface area contributed by atoms with Crippen LogP contribution in [0.25, 0.3) is 0 Å². The van der Waals surface area contributed by atoms with Gasteiger partial charge in [0.2, 0.25) is 0 Å². The van der Waals surface area contributed by atoms with Gasteiger partial charge in [0.05, 0.1) is 6.61 Å². The normalized spacial score (nSPS) is 12.0. The van der Waals surface area contributed by atoms with Gasteiger partial charge in [-0.15, -0.1) is 0 Å². The molecular weight excluding hydrogens is 254 g/mol. The van der Waals surface area contributed by atoms with Crippen molar-refractivity contribution in [1.82, 2.24) is 4.90 Å². The number of carbonyl (C=O) groups excluding carboxylic acids is 1. The summed E-state index contributed by atoms with van der Waals surface area (Å²) in [5, 5.41) is 0. The van der Waals surface area contributed by atoms with Crippen LogP contribution in [0.3, 0.4) is 0 Å². The largest absolute Gasteiger partial charge is 0.494 e. The predicted octanol–water partition coefficient (Wildman–Crippen LogP) is 2.86. The first-order valence-corrected chi connectivity index (χ1v) is 7.19. The minimum atomic E-state index is -0.349. The van der Waals surface area contributed by atoms with Gasteiger partial charge in [-0.25, -0.2) is 0 Å². The molecule has 1 aromatic carbocycles. The third-order valence-electron chi connectivity index (χ3n) is 3.23. The summed E-state index contributed by atoms with van der Waals surface area (Å²) in [4.78, 5) is 14.1. The van der Waals surface area contributed by atoms with E-state index >= 15 is 0 Å². The van der Waals surface area contributed by atoms with Crippen molar-refractivity contribution in [3.8, 4) is 5.75 Å². The number of benzene rings is 1.